The van der Waals surface area contributed by atoms with E-state index < -0.39 is 60.3 Å². The number of benzene rings is 3. The van der Waals surface area contributed by atoms with Crippen molar-refractivity contribution in [1.82, 2.24) is 25.8 Å². The van der Waals surface area contributed by atoms with E-state index in [1.807, 2.05) is 50.4 Å². The predicted octanol–water partition coefficient (Wildman–Crippen LogP) is 6.70. The van der Waals surface area contributed by atoms with Crippen LogP contribution in [0.25, 0.3) is 0 Å². The second-order valence-electron chi connectivity index (χ2n) is 24.1. The highest BCUT2D eigenvalue weighted by molar-refractivity contribution is 6.07. The van der Waals surface area contributed by atoms with Gasteiger partial charge in [0, 0.05) is 86.6 Å². The zero-order valence-corrected chi connectivity index (χ0v) is 57.0. The number of Topliss-reactive ketones (excluding diaryl/α,β-unsaturated/α-hetero) is 1. The molecule has 4 aliphatic heterocycles. The molecule has 27 nitrogen and oxygen atoms in total. The molecule has 27 heteroatoms. The molecule has 4 heterocycles. The number of methoxy groups -OCH3 is 2. The van der Waals surface area contributed by atoms with Gasteiger partial charge in [-0.2, -0.15) is 0 Å². The van der Waals surface area contributed by atoms with Crippen molar-refractivity contribution in [1.29, 1.82) is 0 Å². The van der Waals surface area contributed by atoms with Crippen LogP contribution in [0.3, 0.4) is 0 Å². The summed E-state index contributed by atoms with van der Waals surface area (Å²) in [5, 5.41) is 32.7. The van der Waals surface area contributed by atoms with E-state index in [0.29, 0.717) is 66.8 Å². The summed E-state index contributed by atoms with van der Waals surface area (Å²) < 4.78 is 51.7. The standard InChI is InChI=1S/C72H90N8O19/c1-8-11-47-13-16-50-37-58(81)53-38-59(91-6)61(40-55(53)74-42-51(50)35-47)97-25-10-26-98-62-41-56-54(39-60(62)92-7)70(88)79-43-49(12-9-2)36-57(79)71(89)80(56)72(90)99-44-48-14-17-52(18-15-48)76-68(86)46(5)75-69(87)67(45(3)4)77-64(83)22-27-93-29-31-95-33-34-96-32-30-94-28-23-73-63(82)21-24-78-65(84)19-20-66(78)85/h8-9,11-20,38-43,45-46,51,57,65,67,71,84,89H,10,21-37,44H2,1-7H3,(H,73,82)(H,75,87)(H,76,86)(H,77,83)/b11-8+,12-9+,74-42?/t46-,51-,57-,65?,67-,71-/m0/s1. The largest absolute Gasteiger partial charge is 0.493 e. The van der Waals surface area contributed by atoms with Gasteiger partial charge in [0.2, 0.25) is 29.5 Å². The first-order chi connectivity index (χ1) is 47.8. The van der Waals surface area contributed by atoms with Crippen LogP contribution in [0.2, 0.25) is 0 Å². The van der Waals surface area contributed by atoms with Gasteiger partial charge in [-0.25, -0.2) is 9.69 Å². The van der Waals surface area contributed by atoms with E-state index in [1.165, 1.54) is 55.2 Å². The molecule has 0 saturated carbocycles. The molecule has 0 saturated heterocycles. The fraction of sp³-hybridized carbons (Fsp3) is 0.458. The molecule has 0 bridgehead atoms. The number of nitrogens with one attached hydrogen (secondary N) is 4. The molecule has 6 N–H and O–H groups in total. The lowest BCUT2D eigenvalue weighted by molar-refractivity contribution is -0.132. The highest BCUT2D eigenvalue weighted by Gasteiger charge is 2.45. The van der Waals surface area contributed by atoms with Crippen LogP contribution in [-0.4, -0.2) is 198 Å². The second-order valence-corrected chi connectivity index (χ2v) is 24.1. The van der Waals surface area contributed by atoms with Gasteiger partial charge in [0.25, 0.3) is 5.91 Å². The number of rotatable bonds is 36. The van der Waals surface area contributed by atoms with E-state index in [0.717, 1.165) is 28.0 Å². The molecule has 3 aromatic carbocycles. The summed E-state index contributed by atoms with van der Waals surface area (Å²) in [4.78, 5) is 114. The number of nitrogens with zero attached hydrogens (tertiary/aromatic N) is 4. The van der Waals surface area contributed by atoms with Crippen LogP contribution in [0.5, 0.6) is 23.0 Å². The molecule has 0 aromatic heterocycles. The van der Waals surface area contributed by atoms with Crippen LogP contribution >= 0.6 is 0 Å². The van der Waals surface area contributed by atoms with Crippen LogP contribution in [0, 0.1) is 11.8 Å². The molecule has 99 heavy (non-hydrogen) atoms. The van der Waals surface area contributed by atoms with Crippen molar-refractivity contribution in [2.24, 2.45) is 16.8 Å². The van der Waals surface area contributed by atoms with Gasteiger partial charge in [-0.05, 0) is 86.6 Å². The maximum absolute atomic E-state index is 14.4. The SMILES string of the molecule is C/C=C/C1=CC=C2CC(=O)c3cc(OC)c(OCCCOc4cc5c(cc4OC)C(=O)N4C=C(/C=C/C)C[C@H]4[C@H](O)N5C(=O)OCc4ccc(NC(=O)[C@H](C)NC(=O)[C@@H](NC(=O)CCOCCOCCOCCOCCNC(=O)CCN5C(=O)C=CC5O)C(C)C)cc4)cc3N=C[C@@H]2C1. The Labute approximate surface area is 575 Å². The third-order valence-corrected chi connectivity index (χ3v) is 16.6. The molecule has 7 amide bonds. The third kappa shape index (κ3) is 21.0. The molecule has 6 atom stereocenters. The van der Waals surface area contributed by atoms with Crippen LogP contribution in [0.1, 0.15) is 99.4 Å². The normalized spacial score (nSPS) is 18.5. The highest BCUT2D eigenvalue weighted by Crippen LogP contribution is 2.43. The van der Waals surface area contributed by atoms with Gasteiger partial charge >= 0.3 is 6.09 Å². The summed E-state index contributed by atoms with van der Waals surface area (Å²) in [5.41, 5.74) is 4.76. The number of aliphatic hydroxyl groups is 2. The van der Waals surface area contributed by atoms with Crippen molar-refractivity contribution in [3.05, 3.63) is 137 Å². The lowest BCUT2D eigenvalue weighted by Gasteiger charge is -2.31. The molecule has 5 aliphatic rings. The fourth-order valence-electron chi connectivity index (χ4n) is 11.3. The van der Waals surface area contributed by atoms with Gasteiger partial charge < -0.3 is 83.9 Å². The predicted molar refractivity (Wildman–Crippen MR) is 366 cm³/mol. The maximum Gasteiger partial charge on any atom is 0.416 e. The molecule has 0 radical (unpaired) electrons. The molecule has 532 valence electrons. The van der Waals surface area contributed by atoms with Crippen LogP contribution in [-0.2, 0) is 54.3 Å². The fourth-order valence-corrected chi connectivity index (χ4v) is 11.3. The van der Waals surface area contributed by atoms with Crippen LogP contribution in [0.4, 0.5) is 21.9 Å². The average Bonchev–Trinajstić information content (AvgIpc) is 1.62. The summed E-state index contributed by atoms with van der Waals surface area (Å²) >= 11 is 0. The molecular formula is C72H90N8O19. The quantitative estimate of drug-likeness (QED) is 0.0330. The lowest BCUT2D eigenvalue weighted by atomic mass is 9.83. The van der Waals surface area contributed by atoms with Crippen LogP contribution < -0.4 is 45.1 Å². The van der Waals surface area contributed by atoms with E-state index in [9.17, 15) is 48.6 Å². The minimum absolute atomic E-state index is 0.0173. The Balaban J connectivity index is 0.764. The molecule has 1 unspecified atom stereocenters. The Kier molecular flexibility index (Phi) is 28.5. The van der Waals surface area contributed by atoms with Crippen molar-refractivity contribution in [3.8, 4) is 23.0 Å². The molecular weight excluding hydrogens is 1280 g/mol. The zero-order valence-electron chi connectivity index (χ0n) is 57.0. The maximum atomic E-state index is 14.4. The minimum atomic E-state index is -1.58. The second kappa shape index (κ2) is 37.4. The molecule has 0 fully saturated rings. The lowest BCUT2D eigenvalue weighted by Crippen LogP contribution is -2.53. The number of ether oxygens (including phenoxy) is 9. The summed E-state index contributed by atoms with van der Waals surface area (Å²) in [7, 11) is 2.92. The van der Waals surface area contributed by atoms with Crippen LogP contribution in [0.15, 0.2) is 125 Å². The van der Waals surface area contributed by atoms with Crippen molar-refractivity contribution < 1.29 is 91.2 Å². The number of amides is 7. The van der Waals surface area contributed by atoms with Gasteiger partial charge in [0.05, 0.1) is 103 Å². The number of aliphatic imine (C=N–C) groups is 1. The number of carbonyl (C=O) groups excluding carboxylic acids is 8. The summed E-state index contributed by atoms with van der Waals surface area (Å²) in [6.07, 6.45) is 15.9. The van der Waals surface area contributed by atoms with E-state index in [1.54, 1.807) is 56.4 Å². The Morgan fingerprint density at radius 1 is 0.707 bits per heavy atom. The van der Waals surface area contributed by atoms with Gasteiger partial charge in [-0.1, -0.05) is 68.0 Å². The summed E-state index contributed by atoms with van der Waals surface area (Å²) in [6, 6.07) is 9.85. The van der Waals surface area contributed by atoms with Gasteiger partial charge in [-0.15, -0.1) is 0 Å². The smallest absolute Gasteiger partial charge is 0.416 e. The Morgan fingerprint density at radius 3 is 2.00 bits per heavy atom. The number of hydrogen-bond donors (Lipinski definition) is 6. The Morgan fingerprint density at radius 2 is 1.35 bits per heavy atom. The van der Waals surface area contributed by atoms with Crippen molar-refractivity contribution in [2.75, 3.05) is 104 Å². The first kappa shape index (κ1) is 75.3. The third-order valence-electron chi connectivity index (χ3n) is 16.6. The average molecular weight is 1370 g/mol. The number of ketones is 1. The van der Waals surface area contributed by atoms with Crippen molar-refractivity contribution in [2.45, 2.75) is 110 Å². The first-order valence-electron chi connectivity index (χ1n) is 33.1. The van der Waals surface area contributed by atoms with E-state index >= 15 is 0 Å². The number of hydrogen-bond acceptors (Lipinski definition) is 20. The molecule has 1 aliphatic carbocycles. The van der Waals surface area contributed by atoms with E-state index in [-0.39, 0.29) is 137 Å². The number of fused-ring (bicyclic) bond motifs is 4. The van der Waals surface area contributed by atoms with Gasteiger partial charge in [-0.3, -0.25) is 38.6 Å². The molecule has 3 aromatic rings. The van der Waals surface area contributed by atoms with E-state index in [4.69, 9.17) is 47.6 Å². The first-order valence-corrected chi connectivity index (χ1v) is 33.1. The highest BCUT2D eigenvalue weighted by atomic mass is 16.6. The van der Waals surface area contributed by atoms with E-state index in [2.05, 4.69) is 27.3 Å². The zero-order chi connectivity index (χ0) is 71.0. The molecule has 0 spiro atoms. The number of anilines is 2. The molecule has 8 rings (SSSR count). The summed E-state index contributed by atoms with van der Waals surface area (Å²) in [5.74, 6) is -1.92. The monoisotopic (exact) mass is 1370 g/mol. The number of carbonyl (C=O) groups is 8. The topological polar surface area (TPSA) is 330 Å². The minimum Gasteiger partial charge on any atom is -0.493 e. The number of allylic oxidation sites excluding steroid dienone is 8. The van der Waals surface area contributed by atoms with Crippen molar-refractivity contribution >= 4 is 70.6 Å². The van der Waals surface area contributed by atoms with Crippen molar-refractivity contribution in [3.63, 3.8) is 0 Å². The Bertz CT molecular complexity index is 3600. The Hall–Kier alpha value is -9.51. The number of aliphatic hydroxyl groups excluding tert-OH is 2. The summed E-state index contributed by atoms with van der Waals surface area (Å²) in [6.45, 7) is 11.3. The van der Waals surface area contributed by atoms with Gasteiger partial charge in [0.15, 0.2) is 35.0 Å². The van der Waals surface area contributed by atoms with Gasteiger partial charge in [0.1, 0.15) is 24.9 Å².